The molecule has 27 heavy (non-hydrogen) atoms. The highest BCUT2D eigenvalue weighted by Gasteiger charge is 2.16. The average molecular weight is 404 g/mol. The van der Waals surface area contributed by atoms with Crippen molar-refractivity contribution < 1.29 is 9.53 Å². The summed E-state index contributed by atoms with van der Waals surface area (Å²) in [6.45, 7) is 5.70. The highest BCUT2D eigenvalue weighted by molar-refractivity contribution is 7.12. The third-order valence-corrected chi connectivity index (χ3v) is 5.47. The second-order valence-corrected chi connectivity index (χ2v) is 7.66. The number of halogens is 1. The lowest BCUT2D eigenvalue weighted by Crippen LogP contribution is -2.26. The summed E-state index contributed by atoms with van der Waals surface area (Å²) in [6.07, 6.45) is 1.76. The van der Waals surface area contributed by atoms with E-state index < -0.39 is 0 Å². The minimum Gasteiger partial charge on any atom is -0.487 e. The van der Waals surface area contributed by atoms with Gasteiger partial charge in [-0.05, 0) is 49.1 Å². The van der Waals surface area contributed by atoms with Gasteiger partial charge in [0.05, 0.1) is 22.1 Å². The van der Waals surface area contributed by atoms with Crippen LogP contribution < -0.4 is 4.74 Å². The first-order chi connectivity index (χ1) is 13.0. The number of rotatable bonds is 7. The number of carbonyl (C=O) groups is 1. The number of thiophene rings is 1. The first kappa shape index (κ1) is 19.5. The van der Waals surface area contributed by atoms with Crippen LogP contribution in [0.2, 0.25) is 5.02 Å². The van der Waals surface area contributed by atoms with Crippen molar-refractivity contribution in [3.05, 3.63) is 68.6 Å². The number of hydrogen-bond acceptors (Lipinski definition) is 4. The van der Waals surface area contributed by atoms with Gasteiger partial charge in [-0.2, -0.15) is 5.10 Å². The molecule has 0 saturated carbocycles. The van der Waals surface area contributed by atoms with E-state index in [4.69, 9.17) is 16.3 Å². The summed E-state index contributed by atoms with van der Waals surface area (Å²) in [7, 11) is 1.80. The van der Waals surface area contributed by atoms with E-state index in [9.17, 15) is 4.79 Å². The Labute approximate surface area is 168 Å². The molecule has 0 fully saturated rings. The number of benzene rings is 1. The van der Waals surface area contributed by atoms with Gasteiger partial charge in [-0.25, -0.2) is 0 Å². The van der Waals surface area contributed by atoms with E-state index in [2.05, 4.69) is 5.10 Å². The van der Waals surface area contributed by atoms with E-state index in [0.717, 1.165) is 23.4 Å². The second kappa shape index (κ2) is 8.59. The zero-order valence-corrected chi connectivity index (χ0v) is 17.2. The maximum absolute atomic E-state index is 12.7. The van der Waals surface area contributed by atoms with E-state index in [1.807, 2.05) is 54.2 Å². The van der Waals surface area contributed by atoms with Gasteiger partial charge in [-0.3, -0.25) is 9.48 Å². The molecule has 7 heteroatoms. The molecule has 2 aromatic heterocycles. The van der Waals surface area contributed by atoms with Crippen LogP contribution >= 0.6 is 22.9 Å². The SMILES string of the molecule is CCn1nccc1CN(C)C(=O)c1cc(COc2cc(C)ccc2Cl)cs1. The Hall–Kier alpha value is -2.31. The predicted molar refractivity (Wildman–Crippen MR) is 109 cm³/mol. The summed E-state index contributed by atoms with van der Waals surface area (Å²) in [5.74, 6) is 0.643. The third-order valence-electron chi connectivity index (χ3n) is 4.20. The molecule has 0 aliphatic carbocycles. The fourth-order valence-electron chi connectivity index (χ4n) is 2.73. The minimum absolute atomic E-state index is 0.0105. The van der Waals surface area contributed by atoms with Crippen molar-refractivity contribution in [1.29, 1.82) is 0 Å². The molecule has 0 unspecified atom stereocenters. The smallest absolute Gasteiger partial charge is 0.264 e. The van der Waals surface area contributed by atoms with Gasteiger partial charge in [0.15, 0.2) is 0 Å². The van der Waals surface area contributed by atoms with Crippen LogP contribution in [0.25, 0.3) is 0 Å². The number of nitrogens with zero attached hydrogens (tertiary/aromatic N) is 3. The number of amides is 1. The first-order valence-electron chi connectivity index (χ1n) is 8.70. The fraction of sp³-hybridized carbons (Fsp3) is 0.300. The van der Waals surface area contributed by atoms with Crippen molar-refractivity contribution in [1.82, 2.24) is 14.7 Å². The van der Waals surface area contributed by atoms with Crippen LogP contribution in [0.15, 0.2) is 41.9 Å². The Morgan fingerprint density at radius 2 is 2.15 bits per heavy atom. The topological polar surface area (TPSA) is 47.4 Å². The molecular formula is C20H22ClN3O2S. The van der Waals surface area contributed by atoms with Crippen molar-refractivity contribution in [3.63, 3.8) is 0 Å². The van der Waals surface area contributed by atoms with Gasteiger partial charge in [-0.15, -0.1) is 11.3 Å². The molecule has 0 saturated heterocycles. The van der Waals surface area contributed by atoms with E-state index in [0.29, 0.717) is 28.8 Å². The fourth-order valence-corrected chi connectivity index (χ4v) is 3.79. The molecule has 2 heterocycles. The summed E-state index contributed by atoms with van der Waals surface area (Å²) in [4.78, 5) is 15.1. The van der Waals surface area contributed by atoms with Gasteiger partial charge in [-0.1, -0.05) is 17.7 Å². The van der Waals surface area contributed by atoms with E-state index in [1.54, 1.807) is 18.1 Å². The molecule has 1 amide bonds. The third kappa shape index (κ3) is 4.70. The van der Waals surface area contributed by atoms with Crippen LogP contribution in [-0.4, -0.2) is 27.6 Å². The quantitative estimate of drug-likeness (QED) is 0.570. The first-order valence-corrected chi connectivity index (χ1v) is 9.96. The highest BCUT2D eigenvalue weighted by Crippen LogP contribution is 2.27. The molecular weight excluding hydrogens is 382 g/mol. The van der Waals surface area contributed by atoms with Gasteiger partial charge in [0.25, 0.3) is 5.91 Å². The van der Waals surface area contributed by atoms with Crippen molar-refractivity contribution >= 4 is 28.8 Å². The van der Waals surface area contributed by atoms with Gasteiger partial charge < -0.3 is 9.64 Å². The molecule has 3 rings (SSSR count). The molecule has 0 aliphatic rings. The van der Waals surface area contributed by atoms with E-state index in [1.165, 1.54) is 11.3 Å². The van der Waals surface area contributed by atoms with Crippen LogP contribution in [-0.2, 0) is 19.7 Å². The molecule has 142 valence electrons. The van der Waals surface area contributed by atoms with Crippen molar-refractivity contribution in [3.8, 4) is 5.75 Å². The number of ether oxygens (including phenoxy) is 1. The van der Waals surface area contributed by atoms with Crippen LogP contribution in [0, 0.1) is 6.92 Å². The summed E-state index contributed by atoms with van der Waals surface area (Å²) in [6, 6.07) is 9.49. The average Bonchev–Trinajstić information content (AvgIpc) is 3.31. The monoisotopic (exact) mass is 403 g/mol. The predicted octanol–water partition coefficient (Wildman–Crippen LogP) is 4.78. The largest absolute Gasteiger partial charge is 0.487 e. The van der Waals surface area contributed by atoms with Gasteiger partial charge in [0.1, 0.15) is 12.4 Å². The molecule has 0 spiro atoms. The minimum atomic E-state index is -0.0105. The zero-order chi connectivity index (χ0) is 19.4. The molecule has 3 aromatic rings. The van der Waals surface area contributed by atoms with Crippen LogP contribution in [0.1, 0.15) is 33.4 Å². The summed E-state index contributed by atoms with van der Waals surface area (Å²) >= 11 is 7.59. The summed E-state index contributed by atoms with van der Waals surface area (Å²) < 4.78 is 7.70. The van der Waals surface area contributed by atoms with Crippen molar-refractivity contribution in [2.45, 2.75) is 33.5 Å². The Bertz CT molecular complexity index is 935. The Morgan fingerprint density at radius 3 is 2.93 bits per heavy atom. The summed E-state index contributed by atoms with van der Waals surface area (Å²) in [5.41, 5.74) is 3.05. The number of carbonyl (C=O) groups excluding carboxylic acids is 1. The lowest BCUT2D eigenvalue weighted by atomic mass is 10.2. The molecule has 0 bridgehead atoms. The zero-order valence-electron chi connectivity index (χ0n) is 15.6. The van der Waals surface area contributed by atoms with Crippen LogP contribution in [0.5, 0.6) is 5.75 Å². The highest BCUT2D eigenvalue weighted by atomic mass is 35.5. The molecule has 0 radical (unpaired) electrons. The van der Waals surface area contributed by atoms with E-state index >= 15 is 0 Å². The van der Waals surface area contributed by atoms with Gasteiger partial charge in [0, 0.05) is 25.4 Å². The maximum Gasteiger partial charge on any atom is 0.264 e. The van der Waals surface area contributed by atoms with E-state index in [-0.39, 0.29) is 5.91 Å². The standard InChI is InChI=1S/C20H22ClN3O2S/c1-4-24-16(7-8-22-24)11-23(3)20(25)19-10-15(13-27-19)12-26-18-9-14(2)5-6-17(18)21/h5-10,13H,4,11-12H2,1-3H3. The summed E-state index contributed by atoms with van der Waals surface area (Å²) in [5, 5.41) is 6.77. The number of aryl methyl sites for hydroxylation is 2. The van der Waals surface area contributed by atoms with Crippen LogP contribution in [0.4, 0.5) is 0 Å². The Morgan fingerprint density at radius 1 is 1.33 bits per heavy atom. The normalized spacial score (nSPS) is 10.8. The van der Waals surface area contributed by atoms with Crippen molar-refractivity contribution in [2.75, 3.05) is 7.05 Å². The lowest BCUT2D eigenvalue weighted by molar-refractivity contribution is 0.0786. The second-order valence-electron chi connectivity index (χ2n) is 6.34. The molecule has 5 nitrogen and oxygen atoms in total. The van der Waals surface area contributed by atoms with Crippen molar-refractivity contribution in [2.24, 2.45) is 0 Å². The maximum atomic E-state index is 12.7. The van der Waals surface area contributed by atoms with Gasteiger partial charge in [0.2, 0.25) is 0 Å². The Balaban J connectivity index is 1.62. The number of aromatic nitrogens is 2. The molecule has 1 aromatic carbocycles. The van der Waals surface area contributed by atoms with Crippen LogP contribution in [0.3, 0.4) is 0 Å². The molecule has 0 N–H and O–H groups in total. The Kier molecular flexibility index (Phi) is 6.19. The van der Waals surface area contributed by atoms with Gasteiger partial charge >= 0.3 is 0 Å². The lowest BCUT2D eigenvalue weighted by Gasteiger charge is -2.16. The number of hydrogen-bond donors (Lipinski definition) is 0. The molecule has 0 atom stereocenters. The molecule has 0 aliphatic heterocycles.